The number of rotatable bonds is 6. The molecule has 0 aliphatic rings. The standard InChI is InChI=1S/C16H21NO2/c1-12(2)17-10-14(18)11-19-16-9-5-7-13-6-3-4-8-15(13)16/h3-9,12,14,17-18H,10-11H2,1-2H3/i1D3,3D,4D,5D,6D,7D,8D,9D. The monoisotopic (exact) mass is 269 g/mol. The van der Waals surface area contributed by atoms with Crippen LogP contribution in [0.15, 0.2) is 42.3 Å². The van der Waals surface area contributed by atoms with Gasteiger partial charge in [0, 0.05) is 22.1 Å². The van der Waals surface area contributed by atoms with Gasteiger partial charge in [0.15, 0.2) is 0 Å². The van der Waals surface area contributed by atoms with E-state index in [4.69, 9.17) is 18.4 Å². The lowest BCUT2D eigenvalue weighted by Crippen LogP contribution is -2.35. The number of aliphatic hydroxyl groups is 1. The predicted octanol–water partition coefficient (Wildman–Crippen LogP) is 2.58. The van der Waals surface area contributed by atoms with Crippen molar-refractivity contribution < 1.29 is 23.6 Å². The van der Waals surface area contributed by atoms with Gasteiger partial charge in [-0.05, 0) is 11.4 Å². The van der Waals surface area contributed by atoms with Gasteiger partial charge in [-0.25, -0.2) is 0 Å². The van der Waals surface area contributed by atoms with E-state index in [-0.39, 0.29) is 23.1 Å². The highest BCUT2D eigenvalue weighted by Gasteiger charge is 2.07. The van der Waals surface area contributed by atoms with Crippen LogP contribution in [0.25, 0.3) is 10.8 Å². The van der Waals surface area contributed by atoms with Gasteiger partial charge in [0.1, 0.15) is 18.5 Å². The molecule has 0 aliphatic carbocycles. The number of hydrogen-bond donors (Lipinski definition) is 2. The van der Waals surface area contributed by atoms with Gasteiger partial charge < -0.3 is 15.2 Å². The number of benzene rings is 2. The maximum atomic E-state index is 10.1. The zero-order valence-electron chi connectivity index (χ0n) is 20.4. The first-order chi connectivity index (χ1) is 13.3. The molecule has 2 aromatic rings. The summed E-state index contributed by atoms with van der Waals surface area (Å²) in [7, 11) is 0. The third-order valence-corrected chi connectivity index (χ3v) is 2.36. The Labute approximate surface area is 128 Å². The Morgan fingerprint density at radius 2 is 2.11 bits per heavy atom. The zero-order chi connectivity index (χ0) is 22.3. The molecule has 0 saturated heterocycles. The Kier molecular flexibility index (Phi) is 2.00. The Balaban J connectivity index is 2.39. The van der Waals surface area contributed by atoms with Crippen molar-refractivity contribution in [1.29, 1.82) is 0 Å². The van der Waals surface area contributed by atoms with E-state index in [1.54, 1.807) is 0 Å². The molecule has 0 saturated carbocycles. The fourth-order valence-electron chi connectivity index (χ4n) is 1.45. The molecule has 0 heterocycles. The second kappa shape index (κ2) is 6.55. The van der Waals surface area contributed by atoms with Crippen LogP contribution in [-0.4, -0.2) is 30.4 Å². The van der Waals surface area contributed by atoms with E-state index in [2.05, 4.69) is 5.32 Å². The van der Waals surface area contributed by atoms with Crippen LogP contribution < -0.4 is 10.1 Å². The maximum absolute atomic E-state index is 10.1. The van der Waals surface area contributed by atoms with Crippen LogP contribution in [0.3, 0.4) is 0 Å². The Hall–Kier alpha value is -1.58. The van der Waals surface area contributed by atoms with Gasteiger partial charge in [-0.2, -0.15) is 0 Å². The lowest BCUT2D eigenvalue weighted by molar-refractivity contribution is 0.105. The van der Waals surface area contributed by atoms with Crippen molar-refractivity contribution >= 4 is 10.8 Å². The second-order valence-corrected chi connectivity index (χ2v) is 4.05. The molecule has 2 aromatic carbocycles. The molecule has 0 amide bonds. The van der Waals surface area contributed by atoms with E-state index in [0.29, 0.717) is 0 Å². The smallest absolute Gasteiger partial charge is 0.127 e. The van der Waals surface area contributed by atoms with Gasteiger partial charge in [-0.15, -0.1) is 0 Å². The summed E-state index contributed by atoms with van der Waals surface area (Å²) in [5, 5.41) is 12.3. The first-order valence-electron chi connectivity index (χ1n) is 10.8. The van der Waals surface area contributed by atoms with Crippen molar-refractivity contribution in [3.05, 3.63) is 42.3 Å². The summed E-state index contributed by atoms with van der Waals surface area (Å²) in [6, 6.07) is -4.67. The Morgan fingerprint density at radius 3 is 2.95 bits per heavy atom. The number of aliphatic hydroxyl groups excluding tert-OH is 1. The molecule has 2 rings (SSSR count). The van der Waals surface area contributed by atoms with Gasteiger partial charge in [0.25, 0.3) is 0 Å². The Morgan fingerprint density at radius 1 is 1.32 bits per heavy atom. The summed E-state index contributed by atoms with van der Waals surface area (Å²) < 4.78 is 82.9. The average Bonchev–Trinajstić information content (AvgIpc) is 2.65. The van der Waals surface area contributed by atoms with E-state index < -0.39 is 67.9 Å². The fourth-order valence-corrected chi connectivity index (χ4v) is 1.45. The summed E-state index contributed by atoms with van der Waals surface area (Å²) in [5.41, 5.74) is 0. The quantitative estimate of drug-likeness (QED) is 0.847. The molecule has 0 aliphatic heterocycles. The minimum absolute atomic E-state index is 0.132. The molecule has 102 valence electrons. The SMILES string of the molecule is [2H]c1c([2H])c([2H])c2c(OCC(O)CNC(C)C([2H])([2H])[2H])c([2H])c([2H])c([2H])c2c1[2H]. The fraction of sp³-hybridized carbons (Fsp3) is 0.375. The van der Waals surface area contributed by atoms with E-state index in [9.17, 15) is 5.11 Å². The van der Waals surface area contributed by atoms with Gasteiger partial charge >= 0.3 is 0 Å². The summed E-state index contributed by atoms with van der Waals surface area (Å²) >= 11 is 0. The molecule has 3 nitrogen and oxygen atoms in total. The van der Waals surface area contributed by atoms with Crippen molar-refractivity contribution in [2.45, 2.75) is 25.9 Å². The molecular weight excluding hydrogens is 238 g/mol. The summed E-state index contributed by atoms with van der Waals surface area (Å²) in [6.45, 7) is -1.36. The van der Waals surface area contributed by atoms with Crippen LogP contribution in [0, 0.1) is 0 Å². The van der Waals surface area contributed by atoms with E-state index >= 15 is 0 Å². The molecule has 2 N–H and O–H groups in total. The first kappa shape index (κ1) is 5.81. The van der Waals surface area contributed by atoms with Gasteiger partial charge in [-0.3, -0.25) is 0 Å². The highest BCUT2D eigenvalue weighted by atomic mass is 16.5. The maximum Gasteiger partial charge on any atom is 0.127 e. The lowest BCUT2D eigenvalue weighted by Gasteiger charge is -2.15. The van der Waals surface area contributed by atoms with Gasteiger partial charge in [0.2, 0.25) is 0 Å². The van der Waals surface area contributed by atoms with Crippen LogP contribution in [0.4, 0.5) is 0 Å². The number of fused-ring (bicyclic) bond motifs is 1. The molecule has 0 aromatic heterocycles. The topological polar surface area (TPSA) is 41.5 Å². The minimum Gasteiger partial charge on any atom is -0.490 e. The number of nitrogens with one attached hydrogen (secondary N) is 1. The van der Waals surface area contributed by atoms with Crippen molar-refractivity contribution in [3.8, 4) is 5.75 Å². The van der Waals surface area contributed by atoms with Gasteiger partial charge in [0.05, 0.1) is 9.60 Å². The summed E-state index contributed by atoms with van der Waals surface area (Å²) in [6.07, 6.45) is -1.19. The molecule has 3 heteroatoms. The van der Waals surface area contributed by atoms with Crippen LogP contribution in [-0.2, 0) is 0 Å². The van der Waals surface area contributed by atoms with E-state index in [1.165, 1.54) is 6.92 Å². The molecular formula is C16H21NO2. The average molecular weight is 269 g/mol. The zero-order valence-corrected chi connectivity index (χ0v) is 10.4. The molecule has 0 spiro atoms. The minimum atomic E-state index is -2.25. The third-order valence-electron chi connectivity index (χ3n) is 2.36. The highest BCUT2D eigenvalue weighted by molar-refractivity contribution is 5.88. The lowest BCUT2D eigenvalue weighted by atomic mass is 10.1. The second-order valence-electron chi connectivity index (χ2n) is 4.05. The van der Waals surface area contributed by atoms with Crippen LogP contribution in [0.2, 0.25) is 0 Å². The summed E-state index contributed by atoms with van der Waals surface area (Å²) in [4.78, 5) is 0. The molecule has 0 radical (unpaired) electrons. The molecule has 0 bridgehead atoms. The van der Waals surface area contributed by atoms with E-state index in [0.717, 1.165) is 0 Å². The number of hydrogen-bond acceptors (Lipinski definition) is 3. The van der Waals surface area contributed by atoms with Crippen molar-refractivity contribution in [2.24, 2.45) is 0 Å². The summed E-state index contributed by atoms with van der Waals surface area (Å²) in [5.74, 6) is -0.337. The van der Waals surface area contributed by atoms with Crippen LogP contribution in [0.5, 0.6) is 5.75 Å². The Bertz CT molecular complexity index is 923. The van der Waals surface area contributed by atoms with Crippen molar-refractivity contribution in [1.82, 2.24) is 5.32 Å². The molecule has 2 unspecified atom stereocenters. The van der Waals surface area contributed by atoms with Crippen LogP contribution in [0.1, 0.15) is 27.5 Å². The largest absolute Gasteiger partial charge is 0.490 e. The normalized spacial score (nSPS) is 22.4. The first-order valence-corrected chi connectivity index (χ1v) is 5.83. The van der Waals surface area contributed by atoms with Crippen molar-refractivity contribution in [2.75, 3.05) is 13.2 Å². The van der Waals surface area contributed by atoms with Crippen LogP contribution >= 0.6 is 0 Å². The highest BCUT2D eigenvalue weighted by Crippen LogP contribution is 2.25. The molecule has 2 atom stereocenters. The van der Waals surface area contributed by atoms with Crippen molar-refractivity contribution in [3.63, 3.8) is 0 Å². The molecule has 0 fully saturated rings. The predicted molar refractivity (Wildman–Crippen MR) is 78.6 cm³/mol. The molecule has 19 heavy (non-hydrogen) atoms. The van der Waals surface area contributed by atoms with E-state index in [1.807, 2.05) is 0 Å². The third kappa shape index (κ3) is 3.94. The van der Waals surface area contributed by atoms with Gasteiger partial charge in [-0.1, -0.05) is 50.0 Å². The number of ether oxygens (including phenoxy) is 1.